The van der Waals surface area contributed by atoms with Crippen molar-refractivity contribution in [3.05, 3.63) is 11.3 Å². The molecule has 0 radical (unpaired) electrons. The van der Waals surface area contributed by atoms with Crippen molar-refractivity contribution in [3.63, 3.8) is 0 Å². The summed E-state index contributed by atoms with van der Waals surface area (Å²) in [6, 6.07) is 0.671. The Kier molecular flexibility index (Phi) is 4.27. The molecule has 1 aromatic rings. The molecule has 1 aliphatic rings. The van der Waals surface area contributed by atoms with Crippen molar-refractivity contribution in [1.29, 1.82) is 0 Å². The van der Waals surface area contributed by atoms with Crippen LogP contribution in [0, 0.1) is 6.92 Å². The fourth-order valence-corrected chi connectivity index (χ4v) is 3.21. The van der Waals surface area contributed by atoms with E-state index >= 15 is 0 Å². The molecule has 0 aromatic carbocycles. The van der Waals surface area contributed by atoms with Crippen LogP contribution in [0.5, 0.6) is 0 Å². The van der Waals surface area contributed by atoms with Gasteiger partial charge >= 0.3 is 0 Å². The SMILES string of the molecule is Cc1nn(C)c(N(C)C2CCCCC2)c1CCN. The molecular weight excluding hydrogens is 224 g/mol. The van der Waals surface area contributed by atoms with Crippen molar-refractivity contribution in [2.45, 2.75) is 51.5 Å². The minimum absolute atomic E-state index is 0.671. The van der Waals surface area contributed by atoms with Crippen molar-refractivity contribution in [3.8, 4) is 0 Å². The molecule has 0 unspecified atom stereocenters. The molecule has 1 aliphatic carbocycles. The van der Waals surface area contributed by atoms with Crippen LogP contribution in [0.15, 0.2) is 0 Å². The van der Waals surface area contributed by atoms with E-state index in [1.807, 2.05) is 11.7 Å². The minimum Gasteiger partial charge on any atom is -0.357 e. The van der Waals surface area contributed by atoms with Gasteiger partial charge in [-0.2, -0.15) is 5.10 Å². The second-order valence-corrected chi connectivity index (χ2v) is 5.45. The van der Waals surface area contributed by atoms with Gasteiger partial charge < -0.3 is 10.6 Å². The first kappa shape index (κ1) is 13.4. The van der Waals surface area contributed by atoms with Crippen LogP contribution < -0.4 is 10.6 Å². The molecule has 0 aliphatic heterocycles. The molecule has 0 saturated heterocycles. The van der Waals surface area contributed by atoms with Gasteiger partial charge in [-0.15, -0.1) is 0 Å². The fraction of sp³-hybridized carbons (Fsp3) is 0.786. The van der Waals surface area contributed by atoms with Crippen LogP contribution in [-0.4, -0.2) is 29.4 Å². The van der Waals surface area contributed by atoms with Crippen LogP contribution in [-0.2, 0) is 13.5 Å². The highest BCUT2D eigenvalue weighted by atomic mass is 15.4. The number of nitrogens with zero attached hydrogens (tertiary/aromatic N) is 3. The molecule has 1 heterocycles. The third kappa shape index (κ3) is 2.53. The molecule has 0 spiro atoms. The lowest BCUT2D eigenvalue weighted by Crippen LogP contribution is -2.35. The molecule has 102 valence electrons. The van der Waals surface area contributed by atoms with E-state index in [2.05, 4.69) is 24.0 Å². The maximum Gasteiger partial charge on any atom is 0.130 e. The standard InChI is InChI=1S/C14H26N4/c1-11-13(9-10-15)14(18(3)16-11)17(2)12-7-5-4-6-8-12/h12H,4-10,15H2,1-3H3. The minimum atomic E-state index is 0.671. The average molecular weight is 250 g/mol. The van der Waals surface area contributed by atoms with E-state index in [1.54, 1.807) is 0 Å². The number of aryl methyl sites for hydroxylation is 2. The number of hydrogen-bond acceptors (Lipinski definition) is 3. The van der Waals surface area contributed by atoms with E-state index in [0.717, 1.165) is 12.1 Å². The van der Waals surface area contributed by atoms with Crippen molar-refractivity contribution in [2.24, 2.45) is 12.8 Å². The van der Waals surface area contributed by atoms with Crippen LogP contribution in [0.2, 0.25) is 0 Å². The summed E-state index contributed by atoms with van der Waals surface area (Å²) >= 11 is 0. The van der Waals surface area contributed by atoms with Crippen molar-refractivity contribution in [1.82, 2.24) is 9.78 Å². The van der Waals surface area contributed by atoms with Gasteiger partial charge in [-0.25, -0.2) is 0 Å². The molecule has 4 nitrogen and oxygen atoms in total. The molecule has 0 atom stereocenters. The van der Waals surface area contributed by atoms with Gasteiger partial charge in [-0.1, -0.05) is 19.3 Å². The summed E-state index contributed by atoms with van der Waals surface area (Å²) in [5.74, 6) is 1.27. The van der Waals surface area contributed by atoms with E-state index in [-0.39, 0.29) is 0 Å². The Morgan fingerprint density at radius 1 is 1.33 bits per heavy atom. The molecule has 1 saturated carbocycles. The predicted molar refractivity (Wildman–Crippen MR) is 76.0 cm³/mol. The lowest BCUT2D eigenvalue weighted by atomic mass is 9.94. The maximum absolute atomic E-state index is 5.73. The topological polar surface area (TPSA) is 47.1 Å². The van der Waals surface area contributed by atoms with E-state index < -0.39 is 0 Å². The molecule has 2 rings (SSSR count). The first-order valence-corrected chi connectivity index (χ1v) is 7.10. The van der Waals surface area contributed by atoms with Gasteiger partial charge in [0.15, 0.2) is 0 Å². The van der Waals surface area contributed by atoms with Crippen LogP contribution >= 0.6 is 0 Å². The number of rotatable bonds is 4. The Morgan fingerprint density at radius 2 is 2.00 bits per heavy atom. The van der Waals surface area contributed by atoms with E-state index in [4.69, 9.17) is 5.73 Å². The molecular formula is C14H26N4. The highest BCUT2D eigenvalue weighted by Gasteiger charge is 2.23. The molecule has 0 amide bonds. The largest absolute Gasteiger partial charge is 0.357 e. The first-order chi connectivity index (χ1) is 8.65. The monoisotopic (exact) mass is 250 g/mol. The van der Waals surface area contributed by atoms with Gasteiger partial charge in [0, 0.05) is 25.7 Å². The molecule has 4 heteroatoms. The molecule has 18 heavy (non-hydrogen) atoms. The Hall–Kier alpha value is -1.03. The number of anilines is 1. The smallest absolute Gasteiger partial charge is 0.130 e. The van der Waals surface area contributed by atoms with Gasteiger partial charge in [0.2, 0.25) is 0 Å². The number of nitrogens with two attached hydrogens (primary N) is 1. The third-order valence-electron chi connectivity index (χ3n) is 4.16. The second-order valence-electron chi connectivity index (χ2n) is 5.45. The lowest BCUT2D eigenvalue weighted by Gasteiger charge is -2.33. The molecule has 1 fully saturated rings. The summed E-state index contributed by atoms with van der Waals surface area (Å²) < 4.78 is 2.02. The molecule has 2 N–H and O–H groups in total. The number of aromatic nitrogens is 2. The van der Waals surface area contributed by atoms with E-state index in [1.165, 1.54) is 43.5 Å². The zero-order chi connectivity index (χ0) is 13.1. The summed E-state index contributed by atoms with van der Waals surface area (Å²) in [4.78, 5) is 2.43. The Balaban J connectivity index is 2.24. The summed E-state index contributed by atoms with van der Waals surface area (Å²) in [6.07, 6.45) is 7.65. The summed E-state index contributed by atoms with van der Waals surface area (Å²) in [7, 11) is 4.26. The van der Waals surface area contributed by atoms with Crippen LogP contribution in [0.4, 0.5) is 5.82 Å². The lowest BCUT2D eigenvalue weighted by molar-refractivity contribution is 0.422. The van der Waals surface area contributed by atoms with Gasteiger partial charge in [0.25, 0.3) is 0 Å². The first-order valence-electron chi connectivity index (χ1n) is 7.10. The molecule has 1 aromatic heterocycles. The quantitative estimate of drug-likeness (QED) is 0.889. The van der Waals surface area contributed by atoms with Crippen molar-refractivity contribution < 1.29 is 0 Å². The molecule has 0 bridgehead atoms. The van der Waals surface area contributed by atoms with Crippen LogP contribution in [0.25, 0.3) is 0 Å². The number of hydrogen-bond donors (Lipinski definition) is 1. The Bertz CT molecular complexity index is 391. The second kappa shape index (κ2) is 5.74. The highest BCUT2D eigenvalue weighted by molar-refractivity contribution is 5.50. The van der Waals surface area contributed by atoms with Gasteiger partial charge in [0.05, 0.1) is 5.69 Å². The van der Waals surface area contributed by atoms with Gasteiger partial charge in [-0.05, 0) is 32.7 Å². The van der Waals surface area contributed by atoms with Crippen molar-refractivity contribution in [2.75, 3.05) is 18.5 Å². The fourth-order valence-electron chi connectivity index (χ4n) is 3.21. The van der Waals surface area contributed by atoms with Gasteiger partial charge in [0.1, 0.15) is 5.82 Å². The highest BCUT2D eigenvalue weighted by Crippen LogP contribution is 2.29. The van der Waals surface area contributed by atoms with Crippen LogP contribution in [0.1, 0.15) is 43.4 Å². The summed E-state index contributed by atoms with van der Waals surface area (Å²) in [6.45, 7) is 2.78. The van der Waals surface area contributed by atoms with Gasteiger partial charge in [-0.3, -0.25) is 4.68 Å². The van der Waals surface area contributed by atoms with E-state index in [9.17, 15) is 0 Å². The Labute approximate surface area is 110 Å². The van der Waals surface area contributed by atoms with E-state index in [0.29, 0.717) is 12.6 Å². The summed E-state index contributed by atoms with van der Waals surface area (Å²) in [5, 5.41) is 4.56. The normalized spacial score (nSPS) is 17.1. The zero-order valence-corrected chi connectivity index (χ0v) is 11.9. The summed E-state index contributed by atoms with van der Waals surface area (Å²) in [5.41, 5.74) is 8.18. The predicted octanol–water partition coefficient (Wildman–Crippen LogP) is 2.00. The Morgan fingerprint density at radius 3 is 2.61 bits per heavy atom. The average Bonchev–Trinajstić information content (AvgIpc) is 2.65. The zero-order valence-electron chi connectivity index (χ0n) is 11.9. The van der Waals surface area contributed by atoms with Crippen molar-refractivity contribution >= 4 is 5.82 Å². The maximum atomic E-state index is 5.73. The third-order valence-corrected chi connectivity index (χ3v) is 4.16. The van der Waals surface area contributed by atoms with Crippen LogP contribution in [0.3, 0.4) is 0 Å².